The molecule has 2 atom stereocenters. The first-order valence-corrected chi connectivity index (χ1v) is 3.20. The van der Waals surface area contributed by atoms with E-state index in [1.807, 2.05) is 6.92 Å². The maximum Gasteiger partial charge on any atom is 0.105 e. The molecule has 1 aliphatic heterocycles. The Morgan fingerprint density at radius 3 is 2.75 bits per heavy atom. The standard InChI is InChI=1S/C6H13NO/c1-3-6-4-8-5(2)7-6/h5-7H,3-4H2,1-2H3. The maximum atomic E-state index is 5.25. The third kappa shape index (κ3) is 1.20. The topological polar surface area (TPSA) is 21.3 Å². The minimum Gasteiger partial charge on any atom is -0.362 e. The minimum atomic E-state index is 0.278. The molecule has 1 fully saturated rings. The van der Waals surface area contributed by atoms with E-state index >= 15 is 0 Å². The second kappa shape index (κ2) is 2.46. The van der Waals surface area contributed by atoms with Crippen LogP contribution in [0.2, 0.25) is 0 Å². The van der Waals surface area contributed by atoms with Crippen LogP contribution in [0.5, 0.6) is 0 Å². The van der Waals surface area contributed by atoms with Gasteiger partial charge in [0.15, 0.2) is 0 Å². The fourth-order valence-corrected chi connectivity index (χ4v) is 0.924. The number of rotatable bonds is 1. The molecular formula is C6H13NO. The monoisotopic (exact) mass is 115 g/mol. The molecule has 2 heteroatoms. The molecule has 1 N–H and O–H groups in total. The summed E-state index contributed by atoms with van der Waals surface area (Å²) in [5.41, 5.74) is 0. The lowest BCUT2D eigenvalue weighted by Gasteiger charge is -2.03. The normalized spacial score (nSPS) is 38.2. The van der Waals surface area contributed by atoms with E-state index in [-0.39, 0.29) is 6.23 Å². The summed E-state index contributed by atoms with van der Waals surface area (Å²) >= 11 is 0. The predicted molar refractivity (Wildman–Crippen MR) is 32.6 cm³/mol. The average molecular weight is 115 g/mol. The smallest absolute Gasteiger partial charge is 0.105 e. The first kappa shape index (κ1) is 6.05. The van der Waals surface area contributed by atoms with Crippen LogP contribution in [0.1, 0.15) is 20.3 Å². The van der Waals surface area contributed by atoms with Gasteiger partial charge in [0.1, 0.15) is 6.23 Å². The van der Waals surface area contributed by atoms with E-state index in [0.717, 1.165) is 6.61 Å². The average Bonchev–Trinajstić information content (AvgIpc) is 2.14. The Morgan fingerprint density at radius 1 is 1.75 bits per heavy atom. The molecule has 0 saturated carbocycles. The number of hydrogen-bond donors (Lipinski definition) is 1. The summed E-state index contributed by atoms with van der Waals surface area (Å²) in [6, 6.07) is 0.602. The van der Waals surface area contributed by atoms with Crippen molar-refractivity contribution in [3.05, 3.63) is 0 Å². The third-order valence-corrected chi connectivity index (χ3v) is 1.51. The van der Waals surface area contributed by atoms with E-state index in [1.54, 1.807) is 0 Å². The van der Waals surface area contributed by atoms with Crippen molar-refractivity contribution in [2.45, 2.75) is 32.5 Å². The van der Waals surface area contributed by atoms with Gasteiger partial charge in [-0.1, -0.05) is 6.92 Å². The molecule has 0 aromatic heterocycles. The molecule has 1 heterocycles. The minimum absolute atomic E-state index is 0.278. The van der Waals surface area contributed by atoms with Gasteiger partial charge in [0.05, 0.1) is 6.61 Å². The first-order chi connectivity index (χ1) is 3.83. The zero-order valence-electron chi connectivity index (χ0n) is 5.48. The van der Waals surface area contributed by atoms with Crippen molar-refractivity contribution in [1.82, 2.24) is 5.32 Å². The largest absolute Gasteiger partial charge is 0.362 e. The lowest BCUT2D eigenvalue weighted by Crippen LogP contribution is -2.27. The van der Waals surface area contributed by atoms with Gasteiger partial charge >= 0.3 is 0 Å². The number of hydrogen-bond acceptors (Lipinski definition) is 2. The van der Waals surface area contributed by atoms with E-state index < -0.39 is 0 Å². The second-order valence-electron chi connectivity index (χ2n) is 2.25. The fraction of sp³-hybridized carbons (Fsp3) is 1.00. The van der Waals surface area contributed by atoms with Crippen LogP contribution in [0.4, 0.5) is 0 Å². The molecule has 0 radical (unpaired) electrons. The summed E-state index contributed by atoms with van der Waals surface area (Å²) in [4.78, 5) is 0. The lowest BCUT2D eigenvalue weighted by molar-refractivity contribution is 0.115. The molecule has 0 aromatic rings. The molecule has 2 unspecified atom stereocenters. The van der Waals surface area contributed by atoms with E-state index in [0.29, 0.717) is 6.04 Å². The van der Waals surface area contributed by atoms with Crippen LogP contribution in [-0.2, 0) is 4.74 Å². The summed E-state index contributed by atoms with van der Waals surface area (Å²) in [5, 5.41) is 3.28. The molecule has 8 heavy (non-hydrogen) atoms. The highest BCUT2D eigenvalue weighted by Gasteiger charge is 2.17. The molecule has 1 saturated heterocycles. The molecule has 1 rings (SSSR count). The van der Waals surface area contributed by atoms with Crippen molar-refractivity contribution >= 4 is 0 Å². The van der Waals surface area contributed by atoms with Gasteiger partial charge in [0.2, 0.25) is 0 Å². The van der Waals surface area contributed by atoms with Crippen molar-refractivity contribution in [3.8, 4) is 0 Å². The molecule has 2 nitrogen and oxygen atoms in total. The summed E-state index contributed by atoms with van der Waals surface area (Å²) < 4.78 is 5.25. The maximum absolute atomic E-state index is 5.25. The number of nitrogens with one attached hydrogen (secondary N) is 1. The Hall–Kier alpha value is -0.0800. The molecule has 0 amide bonds. The van der Waals surface area contributed by atoms with Gasteiger partial charge in [0.25, 0.3) is 0 Å². The highest BCUT2D eigenvalue weighted by atomic mass is 16.5. The van der Waals surface area contributed by atoms with Gasteiger partial charge in [-0.05, 0) is 13.3 Å². The van der Waals surface area contributed by atoms with Crippen molar-refractivity contribution in [2.75, 3.05) is 6.61 Å². The molecule has 0 bridgehead atoms. The van der Waals surface area contributed by atoms with Crippen molar-refractivity contribution in [2.24, 2.45) is 0 Å². The van der Waals surface area contributed by atoms with Crippen LogP contribution >= 0.6 is 0 Å². The van der Waals surface area contributed by atoms with Crippen LogP contribution in [-0.4, -0.2) is 18.9 Å². The number of ether oxygens (including phenoxy) is 1. The van der Waals surface area contributed by atoms with E-state index in [9.17, 15) is 0 Å². The van der Waals surface area contributed by atoms with Gasteiger partial charge in [-0.2, -0.15) is 0 Å². The zero-order valence-corrected chi connectivity index (χ0v) is 5.48. The molecule has 1 aliphatic rings. The highest BCUT2D eigenvalue weighted by molar-refractivity contribution is 4.70. The summed E-state index contributed by atoms with van der Waals surface area (Å²) in [5.74, 6) is 0. The van der Waals surface area contributed by atoms with E-state index in [1.165, 1.54) is 6.42 Å². The van der Waals surface area contributed by atoms with Crippen LogP contribution < -0.4 is 5.32 Å². The van der Waals surface area contributed by atoms with Crippen molar-refractivity contribution in [1.29, 1.82) is 0 Å². The molecular weight excluding hydrogens is 102 g/mol. The Kier molecular flexibility index (Phi) is 1.86. The zero-order chi connectivity index (χ0) is 5.98. The lowest BCUT2D eigenvalue weighted by atomic mass is 10.2. The van der Waals surface area contributed by atoms with Gasteiger partial charge in [-0.15, -0.1) is 0 Å². The fourth-order valence-electron chi connectivity index (χ4n) is 0.924. The van der Waals surface area contributed by atoms with Crippen molar-refractivity contribution < 1.29 is 4.74 Å². The quantitative estimate of drug-likeness (QED) is 0.544. The third-order valence-electron chi connectivity index (χ3n) is 1.51. The van der Waals surface area contributed by atoms with Gasteiger partial charge in [-0.25, -0.2) is 0 Å². The molecule has 0 aliphatic carbocycles. The molecule has 48 valence electrons. The first-order valence-electron chi connectivity index (χ1n) is 3.20. The summed E-state index contributed by atoms with van der Waals surface area (Å²) in [6.07, 6.45) is 1.45. The molecule has 0 aromatic carbocycles. The van der Waals surface area contributed by atoms with Gasteiger partial charge in [0, 0.05) is 6.04 Å². The summed E-state index contributed by atoms with van der Waals surface area (Å²) in [6.45, 7) is 5.09. The van der Waals surface area contributed by atoms with Crippen LogP contribution in [0.25, 0.3) is 0 Å². The Bertz CT molecular complexity index is 74.9. The Labute approximate surface area is 50.2 Å². The SMILES string of the molecule is CCC1COC(C)N1. The van der Waals surface area contributed by atoms with Gasteiger partial charge in [-0.3, -0.25) is 5.32 Å². The Balaban J connectivity index is 2.22. The van der Waals surface area contributed by atoms with Gasteiger partial charge < -0.3 is 4.74 Å². The molecule has 0 spiro atoms. The summed E-state index contributed by atoms with van der Waals surface area (Å²) in [7, 11) is 0. The van der Waals surface area contributed by atoms with Crippen LogP contribution in [0, 0.1) is 0 Å². The van der Waals surface area contributed by atoms with Crippen LogP contribution in [0.15, 0.2) is 0 Å². The van der Waals surface area contributed by atoms with Crippen molar-refractivity contribution in [3.63, 3.8) is 0 Å². The highest BCUT2D eigenvalue weighted by Crippen LogP contribution is 2.03. The predicted octanol–water partition coefficient (Wildman–Crippen LogP) is 0.731. The van der Waals surface area contributed by atoms with E-state index in [2.05, 4.69) is 12.2 Å². The Morgan fingerprint density at radius 2 is 2.50 bits per heavy atom. The van der Waals surface area contributed by atoms with Crippen LogP contribution in [0.3, 0.4) is 0 Å². The second-order valence-corrected chi connectivity index (χ2v) is 2.25. The van der Waals surface area contributed by atoms with E-state index in [4.69, 9.17) is 4.74 Å².